The number of para-hydroxylation sites is 1. The number of pyridine rings is 1. The highest BCUT2D eigenvalue weighted by Gasteiger charge is 2.47. The van der Waals surface area contributed by atoms with Crippen LogP contribution in [0.5, 0.6) is 0 Å². The molecule has 0 N–H and O–H groups in total. The summed E-state index contributed by atoms with van der Waals surface area (Å²) in [6, 6.07) is 12.9. The molecule has 6 heteroatoms. The summed E-state index contributed by atoms with van der Waals surface area (Å²) in [5, 5.41) is 5.78. The van der Waals surface area contributed by atoms with Crippen LogP contribution in [0.15, 0.2) is 59.4 Å². The largest absolute Gasteiger partial charge is 0.334 e. The molecular formula is C26H27N5O. The molecule has 6 nitrogen and oxygen atoms in total. The van der Waals surface area contributed by atoms with Gasteiger partial charge in [-0.05, 0) is 56.1 Å². The Bertz CT molecular complexity index is 1330. The molecule has 1 aromatic carbocycles. The zero-order chi connectivity index (χ0) is 21.9. The van der Waals surface area contributed by atoms with E-state index < -0.39 is 0 Å². The lowest BCUT2D eigenvalue weighted by Gasteiger charge is -2.48. The molecule has 4 aromatic rings. The Balaban J connectivity index is 1.63. The number of rotatable bonds is 4. The van der Waals surface area contributed by atoms with Gasteiger partial charge in [0.15, 0.2) is 0 Å². The minimum Gasteiger partial charge on any atom is -0.334 e. The van der Waals surface area contributed by atoms with Crippen molar-refractivity contribution in [2.75, 3.05) is 13.6 Å². The first kappa shape index (κ1) is 19.4. The topological polar surface area (TPSA) is 60.0 Å². The zero-order valence-electron chi connectivity index (χ0n) is 18.7. The Hall–Kier alpha value is -3.25. The molecule has 3 aromatic heterocycles. The van der Waals surface area contributed by atoms with Crippen LogP contribution in [0, 0.1) is 5.41 Å². The van der Waals surface area contributed by atoms with Crippen molar-refractivity contribution >= 4 is 16.6 Å². The molecule has 0 amide bonds. The summed E-state index contributed by atoms with van der Waals surface area (Å²) in [5.74, 6) is 1.16. The van der Waals surface area contributed by atoms with Crippen LogP contribution >= 0.6 is 0 Å². The van der Waals surface area contributed by atoms with Gasteiger partial charge in [0.2, 0.25) is 5.82 Å². The molecule has 1 atom stereocenters. The number of aromatic nitrogens is 4. The third kappa shape index (κ3) is 2.59. The SMILES string of the molecule is CCC1(CC)C=C(c2noc(-c3ccncc3)n2)n2c3c(c4ccccc42)CCN(C)[C@H]31. The molecule has 0 radical (unpaired) electrons. The van der Waals surface area contributed by atoms with Crippen LogP contribution in [0.1, 0.15) is 49.8 Å². The molecule has 2 aliphatic heterocycles. The van der Waals surface area contributed by atoms with Crippen molar-refractivity contribution in [1.82, 2.24) is 24.6 Å². The monoisotopic (exact) mass is 425 g/mol. The van der Waals surface area contributed by atoms with Crippen molar-refractivity contribution < 1.29 is 4.52 Å². The molecule has 162 valence electrons. The standard InChI is InChI=1S/C26H27N5O/c1-4-26(5-2)16-21(24-28-25(32-29-24)17-10-13-27-14-11-17)31-20-9-7-6-8-18(20)19-12-15-30(3)23(26)22(19)31/h6-11,13-14,16,23H,4-5,12,15H2,1-3H3/t23-/m1/s1. The predicted molar refractivity (Wildman–Crippen MR) is 125 cm³/mol. The average molecular weight is 426 g/mol. The lowest BCUT2D eigenvalue weighted by molar-refractivity contribution is 0.0941. The highest BCUT2D eigenvalue weighted by molar-refractivity contribution is 5.91. The lowest BCUT2D eigenvalue weighted by Crippen LogP contribution is -2.45. The van der Waals surface area contributed by atoms with Crippen molar-refractivity contribution in [2.45, 2.75) is 39.2 Å². The van der Waals surface area contributed by atoms with E-state index in [9.17, 15) is 0 Å². The molecule has 0 saturated carbocycles. The quantitative estimate of drug-likeness (QED) is 0.443. The summed E-state index contributed by atoms with van der Waals surface area (Å²) in [6.45, 7) is 5.68. The maximum absolute atomic E-state index is 5.71. The van der Waals surface area contributed by atoms with Crippen LogP contribution in [0.4, 0.5) is 0 Å². The van der Waals surface area contributed by atoms with Crippen LogP contribution in [-0.4, -0.2) is 38.2 Å². The number of benzene rings is 1. The molecule has 0 saturated heterocycles. The highest BCUT2D eigenvalue weighted by Crippen LogP contribution is 2.54. The summed E-state index contributed by atoms with van der Waals surface area (Å²) in [7, 11) is 2.27. The van der Waals surface area contributed by atoms with Crippen molar-refractivity contribution in [3.63, 3.8) is 0 Å². The third-order valence-electron chi connectivity index (χ3n) is 7.54. The third-order valence-corrected chi connectivity index (χ3v) is 7.54. The Labute approximate surface area is 187 Å². The summed E-state index contributed by atoms with van der Waals surface area (Å²) >= 11 is 0. The second-order valence-corrected chi connectivity index (χ2v) is 8.98. The fraction of sp³-hybridized carbons (Fsp3) is 0.346. The maximum Gasteiger partial charge on any atom is 0.258 e. The molecule has 0 unspecified atom stereocenters. The van der Waals surface area contributed by atoms with E-state index in [1.54, 1.807) is 12.4 Å². The molecule has 0 fully saturated rings. The van der Waals surface area contributed by atoms with Crippen molar-refractivity contribution in [1.29, 1.82) is 0 Å². The maximum atomic E-state index is 5.71. The van der Waals surface area contributed by atoms with Crippen LogP contribution in [0.3, 0.4) is 0 Å². The molecule has 32 heavy (non-hydrogen) atoms. The van der Waals surface area contributed by atoms with Gasteiger partial charge in [-0.2, -0.15) is 4.98 Å². The second-order valence-electron chi connectivity index (χ2n) is 8.98. The molecule has 0 aliphatic carbocycles. The normalized spacial score (nSPS) is 19.7. The van der Waals surface area contributed by atoms with Gasteiger partial charge in [0, 0.05) is 41.0 Å². The second kappa shape index (κ2) is 7.14. The summed E-state index contributed by atoms with van der Waals surface area (Å²) < 4.78 is 8.11. The highest BCUT2D eigenvalue weighted by atomic mass is 16.5. The van der Waals surface area contributed by atoms with E-state index >= 15 is 0 Å². The number of likely N-dealkylation sites (N-methyl/N-ethyl adjacent to an activating group) is 1. The molecule has 0 bridgehead atoms. The van der Waals surface area contributed by atoms with E-state index in [1.807, 2.05) is 12.1 Å². The number of fused-ring (bicyclic) bond motifs is 3. The Morgan fingerprint density at radius 1 is 1.09 bits per heavy atom. The minimum absolute atomic E-state index is 0.0150. The fourth-order valence-electron chi connectivity index (χ4n) is 5.83. The first-order valence-corrected chi connectivity index (χ1v) is 11.5. The molecular weight excluding hydrogens is 398 g/mol. The van der Waals surface area contributed by atoms with Gasteiger partial charge in [-0.15, -0.1) is 0 Å². The van der Waals surface area contributed by atoms with E-state index in [4.69, 9.17) is 9.51 Å². The van der Waals surface area contributed by atoms with E-state index in [-0.39, 0.29) is 5.41 Å². The number of hydrogen-bond acceptors (Lipinski definition) is 5. The Kier molecular flexibility index (Phi) is 4.33. The number of nitrogens with zero attached hydrogens (tertiary/aromatic N) is 5. The lowest BCUT2D eigenvalue weighted by atomic mass is 9.69. The van der Waals surface area contributed by atoms with Crippen LogP contribution < -0.4 is 0 Å². The predicted octanol–water partition coefficient (Wildman–Crippen LogP) is 5.32. The molecule has 2 aliphatic rings. The Morgan fingerprint density at radius 3 is 2.66 bits per heavy atom. The van der Waals surface area contributed by atoms with Crippen LogP contribution in [-0.2, 0) is 6.42 Å². The van der Waals surface area contributed by atoms with Gasteiger partial charge in [0.1, 0.15) is 0 Å². The van der Waals surface area contributed by atoms with Crippen molar-refractivity contribution in [2.24, 2.45) is 5.41 Å². The first-order valence-electron chi connectivity index (χ1n) is 11.5. The van der Waals surface area contributed by atoms with Gasteiger partial charge in [0.25, 0.3) is 5.89 Å². The Morgan fingerprint density at radius 2 is 1.88 bits per heavy atom. The van der Waals surface area contributed by atoms with Gasteiger partial charge in [-0.1, -0.05) is 37.2 Å². The fourth-order valence-corrected chi connectivity index (χ4v) is 5.83. The molecule has 0 spiro atoms. The van der Waals surface area contributed by atoms with Gasteiger partial charge in [-0.3, -0.25) is 9.88 Å². The zero-order valence-corrected chi connectivity index (χ0v) is 18.7. The van der Waals surface area contributed by atoms with E-state index in [0.29, 0.717) is 17.8 Å². The van der Waals surface area contributed by atoms with Crippen LogP contribution in [0.25, 0.3) is 28.1 Å². The van der Waals surface area contributed by atoms with Gasteiger partial charge in [0.05, 0.1) is 17.3 Å². The molecule has 6 rings (SSSR count). The molecule has 5 heterocycles. The first-order chi connectivity index (χ1) is 15.7. The van der Waals surface area contributed by atoms with Gasteiger partial charge < -0.3 is 9.09 Å². The van der Waals surface area contributed by atoms with Crippen molar-refractivity contribution in [3.05, 3.63) is 71.9 Å². The van der Waals surface area contributed by atoms with Crippen molar-refractivity contribution in [3.8, 4) is 11.5 Å². The average Bonchev–Trinajstić information content (AvgIpc) is 3.46. The van der Waals surface area contributed by atoms with Gasteiger partial charge >= 0.3 is 0 Å². The van der Waals surface area contributed by atoms with Gasteiger partial charge in [-0.25, -0.2) is 0 Å². The van der Waals surface area contributed by atoms with E-state index in [2.05, 4.69) is 70.8 Å². The summed E-state index contributed by atoms with van der Waals surface area (Å²) in [5.41, 5.74) is 6.02. The smallest absolute Gasteiger partial charge is 0.258 e. The minimum atomic E-state index is 0.0150. The van der Waals surface area contributed by atoms with E-state index in [0.717, 1.165) is 37.1 Å². The summed E-state index contributed by atoms with van der Waals surface area (Å²) in [6.07, 6.45) is 9.07. The van der Waals surface area contributed by atoms with E-state index in [1.165, 1.54) is 22.2 Å². The van der Waals surface area contributed by atoms with Crippen LogP contribution in [0.2, 0.25) is 0 Å². The number of hydrogen-bond donors (Lipinski definition) is 0. The summed E-state index contributed by atoms with van der Waals surface area (Å²) in [4.78, 5) is 11.5.